The second-order valence-corrected chi connectivity index (χ2v) is 13.1. The number of halogens is 4. The Hall–Kier alpha value is -4.83. The van der Waals surface area contributed by atoms with E-state index in [1.807, 2.05) is 6.08 Å². The molecule has 1 saturated heterocycles. The van der Waals surface area contributed by atoms with Gasteiger partial charge in [-0.05, 0) is 69.2 Å². The van der Waals surface area contributed by atoms with E-state index in [0.717, 1.165) is 23.8 Å². The highest BCUT2D eigenvalue weighted by Gasteiger charge is 2.45. The van der Waals surface area contributed by atoms with Crippen LogP contribution in [0.2, 0.25) is 5.02 Å². The van der Waals surface area contributed by atoms with Crippen molar-refractivity contribution >= 4 is 40.5 Å². The Bertz CT molecular complexity index is 2130. The fourth-order valence-corrected chi connectivity index (χ4v) is 7.43. The summed E-state index contributed by atoms with van der Waals surface area (Å²) in [6.07, 6.45) is 1.60. The van der Waals surface area contributed by atoms with Crippen molar-refractivity contribution in [2.45, 2.75) is 63.6 Å². The zero-order valence-corrected chi connectivity index (χ0v) is 27.6. The number of rotatable bonds is 5. The summed E-state index contributed by atoms with van der Waals surface area (Å²) < 4.78 is 47.9. The maximum Gasteiger partial charge on any atom is 0.416 e. The molecule has 3 aliphatic rings. The van der Waals surface area contributed by atoms with Gasteiger partial charge in [0.2, 0.25) is 11.7 Å². The maximum absolute atomic E-state index is 14.4. The van der Waals surface area contributed by atoms with Gasteiger partial charge in [-0.15, -0.1) is 5.10 Å². The van der Waals surface area contributed by atoms with Gasteiger partial charge in [-0.25, -0.2) is 9.97 Å². The predicted molar refractivity (Wildman–Crippen MR) is 174 cm³/mol. The Labute approximate surface area is 287 Å². The van der Waals surface area contributed by atoms with Crippen LogP contribution in [-0.4, -0.2) is 77.3 Å². The number of likely N-dealkylation sites (tertiary alicyclic amines) is 1. The number of fused-ring (bicyclic) bond motifs is 3. The predicted octanol–water partition coefficient (Wildman–Crippen LogP) is 4.32. The Morgan fingerprint density at radius 1 is 1.14 bits per heavy atom. The Kier molecular flexibility index (Phi) is 8.62. The number of ether oxygens (including phenoxy) is 1. The highest BCUT2D eigenvalue weighted by atomic mass is 35.5. The van der Waals surface area contributed by atoms with Gasteiger partial charge in [0.1, 0.15) is 12.9 Å². The van der Waals surface area contributed by atoms with Crippen LogP contribution in [0.4, 0.5) is 18.9 Å². The molecule has 1 atom stereocenters. The molecule has 17 heteroatoms. The second kappa shape index (κ2) is 12.8. The summed E-state index contributed by atoms with van der Waals surface area (Å²) >= 11 is 6.13. The quantitative estimate of drug-likeness (QED) is 0.308. The number of carbonyl (C=O) groups is 2. The number of carbonyl (C=O) groups excluding carboxylic acids is 2. The lowest BCUT2D eigenvalue weighted by atomic mass is 9.76. The summed E-state index contributed by atoms with van der Waals surface area (Å²) in [4.78, 5) is 55.6. The van der Waals surface area contributed by atoms with Gasteiger partial charge in [0.25, 0.3) is 11.5 Å². The molecule has 0 bridgehead atoms. The molecule has 7 rings (SSSR count). The van der Waals surface area contributed by atoms with E-state index in [9.17, 15) is 32.7 Å². The topological polar surface area (TPSA) is 157 Å². The molecule has 0 saturated carbocycles. The third kappa shape index (κ3) is 5.99. The van der Waals surface area contributed by atoms with E-state index in [1.54, 1.807) is 16.4 Å². The van der Waals surface area contributed by atoms with E-state index in [0.29, 0.717) is 81.9 Å². The van der Waals surface area contributed by atoms with Crippen molar-refractivity contribution in [3.63, 3.8) is 0 Å². The Balaban J connectivity index is 1.25. The molecule has 5 heterocycles. The lowest BCUT2D eigenvalue weighted by molar-refractivity contribution is -0.137. The number of nitrogens with one attached hydrogen (secondary N) is 1. The average Bonchev–Trinajstić information content (AvgIpc) is 3.63. The van der Waals surface area contributed by atoms with E-state index >= 15 is 0 Å². The molecular formula is C33H32ClF3N8O5. The van der Waals surface area contributed by atoms with E-state index < -0.39 is 29.0 Å². The first-order chi connectivity index (χ1) is 23.9. The molecule has 3 aromatic heterocycles. The molecule has 1 aromatic carbocycles. The molecule has 2 amide bonds. The maximum atomic E-state index is 14.4. The Morgan fingerprint density at radius 3 is 2.70 bits per heavy atom. The van der Waals surface area contributed by atoms with E-state index in [2.05, 4.69) is 20.4 Å². The summed E-state index contributed by atoms with van der Waals surface area (Å²) in [5.41, 5.74) is 0.174. The number of benzene rings is 1. The molecule has 13 nitrogen and oxygen atoms in total. The van der Waals surface area contributed by atoms with Crippen LogP contribution in [-0.2, 0) is 34.1 Å². The Morgan fingerprint density at radius 2 is 1.96 bits per heavy atom. The van der Waals surface area contributed by atoms with Gasteiger partial charge in [-0.1, -0.05) is 17.7 Å². The minimum absolute atomic E-state index is 0.00260. The fraction of sp³-hybridized carbons (Fsp3) is 0.424. The molecular weight excluding hydrogens is 681 g/mol. The van der Waals surface area contributed by atoms with Gasteiger partial charge >= 0.3 is 6.18 Å². The molecule has 1 aliphatic carbocycles. The monoisotopic (exact) mass is 712 g/mol. The first kappa shape index (κ1) is 33.7. The zero-order chi connectivity index (χ0) is 35.4. The lowest BCUT2D eigenvalue weighted by Crippen LogP contribution is -2.37. The number of aromatic nitrogens is 6. The van der Waals surface area contributed by atoms with Crippen LogP contribution in [0, 0.1) is 6.92 Å². The normalized spacial score (nSPS) is 19.4. The van der Waals surface area contributed by atoms with E-state index in [-0.39, 0.29) is 45.7 Å². The molecule has 1 unspecified atom stereocenters. The highest BCUT2D eigenvalue weighted by molar-refractivity contribution is 6.33. The smallest absolute Gasteiger partial charge is 0.416 e. The first-order valence-corrected chi connectivity index (χ1v) is 16.5. The summed E-state index contributed by atoms with van der Waals surface area (Å²) in [5.74, 6) is -0.804. The van der Waals surface area contributed by atoms with Crippen molar-refractivity contribution in [2.24, 2.45) is 0 Å². The largest absolute Gasteiger partial charge is 0.504 e. The van der Waals surface area contributed by atoms with Crippen molar-refractivity contribution in [1.82, 2.24) is 34.0 Å². The highest BCUT2D eigenvalue weighted by Crippen LogP contribution is 2.45. The van der Waals surface area contributed by atoms with Gasteiger partial charge in [0.05, 0.1) is 35.2 Å². The molecule has 262 valence electrons. The number of hydrogen-bond acceptors (Lipinski definition) is 9. The van der Waals surface area contributed by atoms with Crippen molar-refractivity contribution in [1.29, 1.82) is 0 Å². The minimum Gasteiger partial charge on any atom is -0.504 e. The van der Waals surface area contributed by atoms with Gasteiger partial charge in [-0.3, -0.25) is 14.4 Å². The minimum atomic E-state index is -4.60. The number of anilines is 1. The van der Waals surface area contributed by atoms with Crippen molar-refractivity contribution in [2.75, 3.05) is 31.6 Å². The molecule has 50 heavy (non-hydrogen) atoms. The molecule has 2 aliphatic heterocycles. The number of nitrogens with zero attached hydrogens (tertiary/aromatic N) is 7. The number of aromatic hydroxyl groups is 1. The van der Waals surface area contributed by atoms with Crippen molar-refractivity contribution in [3.05, 3.63) is 80.0 Å². The van der Waals surface area contributed by atoms with Crippen LogP contribution in [0.3, 0.4) is 0 Å². The van der Waals surface area contributed by atoms with Gasteiger partial charge in [-0.2, -0.15) is 22.7 Å². The SMILES string of the molecule is Cc1ncnc(C(=O)N2CCCC3(CCc4c3c(=O)n3nc(C5=CCOCC5)nc3n4CC(=O)Nc3ccc(C(F)(F)F)cc3Cl)CC2)c1O. The fourth-order valence-electron chi connectivity index (χ4n) is 7.20. The van der Waals surface area contributed by atoms with E-state index in [1.165, 1.54) is 10.8 Å². The summed E-state index contributed by atoms with van der Waals surface area (Å²) in [5, 5.41) is 17.4. The van der Waals surface area contributed by atoms with Gasteiger partial charge < -0.3 is 24.6 Å². The van der Waals surface area contributed by atoms with Gasteiger partial charge in [0.15, 0.2) is 17.3 Å². The molecule has 1 fully saturated rings. The third-order valence-corrected chi connectivity index (χ3v) is 10.1. The number of alkyl halides is 3. The average molecular weight is 713 g/mol. The van der Waals surface area contributed by atoms with Crippen LogP contribution < -0.4 is 10.9 Å². The van der Waals surface area contributed by atoms with Crippen LogP contribution in [0.5, 0.6) is 5.75 Å². The van der Waals surface area contributed by atoms with E-state index in [4.69, 9.17) is 21.3 Å². The zero-order valence-electron chi connectivity index (χ0n) is 26.9. The first-order valence-electron chi connectivity index (χ1n) is 16.1. The van der Waals surface area contributed by atoms with Crippen LogP contribution in [0.25, 0.3) is 11.4 Å². The summed E-state index contributed by atoms with van der Waals surface area (Å²) in [7, 11) is 0. The lowest BCUT2D eigenvalue weighted by Gasteiger charge is -2.28. The molecule has 1 spiro atoms. The molecule has 4 aromatic rings. The summed E-state index contributed by atoms with van der Waals surface area (Å²) in [6.45, 7) is 2.76. The molecule has 0 radical (unpaired) electrons. The van der Waals surface area contributed by atoms with Crippen molar-refractivity contribution < 1.29 is 32.6 Å². The standard InChI is InChI=1S/C33H32ClF3N8O5/c1-18-27(47)26(39-17-38-18)30(49)43-11-2-8-32(10-12-43)9-5-23-25(32)29(48)45-31(41-28(42-45)19-6-13-50-14-7-19)44(23)16-24(46)40-22-4-3-20(15-21(22)34)33(35,36)37/h3-4,6,15,17,47H,2,5,7-14,16H2,1H3,(H,40,46). The third-order valence-electron chi connectivity index (χ3n) is 9.78. The number of amides is 2. The number of hydrogen-bond donors (Lipinski definition) is 2. The summed E-state index contributed by atoms with van der Waals surface area (Å²) in [6, 6.07) is 2.67. The van der Waals surface area contributed by atoms with Crippen LogP contribution in [0.1, 0.15) is 70.9 Å². The van der Waals surface area contributed by atoms with Crippen LogP contribution in [0.15, 0.2) is 35.4 Å². The number of aryl methyl sites for hydroxylation is 1. The van der Waals surface area contributed by atoms with Crippen LogP contribution >= 0.6 is 11.6 Å². The van der Waals surface area contributed by atoms with Crippen molar-refractivity contribution in [3.8, 4) is 5.75 Å². The second-order valence-electron chi connectivity index (χ2n) is 12.7. The molecule has 2 N–H and O–H groups in total. The van der Waals surface area contributed by atoms with Gasteiger partial charge in [0, 0.05) is 29.8 Å².